The zero-order valence-electron chi connectivity index (χ0n) is 15.4. The highest BCUT2D eigenvalue weighted by Crippen LogP contribution is 2.25. The SMILES string of the molecule is CC(C)(C)c1ccc(C(CC(=O)O)NC(=O)Cn2cc([N+](=O)[O-])cn2)cc1. The third-order valence-electron chi connectivity index (χ3n) is 4.03. The fourth-order valence-corrected chi connectivity index (χ4v) is 2.56. The molecule has 2 rings (SSSR count). The number of hydrogen-bond donors (Lipinski definition) is 2. The lowest BCUT2D eigenvalue weighted by Gasteiger charge is -2.22. The number of carbonyl (C=O) groups excluding carboxylic acids is 1. The summed E-state index contributed by atoms with van der Waals surface area (Å²) in [7, 11) is 0. The molecular formula is C18H22N4O5. The van der Waals surface area contributed by atoms with Crippen molar-refractivity contribution in [2.75, 3.05) is 0 Å². The maximum Gasteiger partial charge on any atom is 0.307 e. The second-order valence-corrected chi connectivity index (χ2v) is 7.24. The number of amides is 1. The molecule has 0 fully saturated rings. The lowest BCUT2D eigenvalue weighted by Crippen LogP contribution is -2.33. The molecule has 1 aromatic carbocycles. The van der Waals surface area contributed by atoms with Gasteiger partial charge in [0.1, 0.15) is 18.9 Å². The van der Waals surface area contributed by atoms with Crippen molar-refractivity contribution >= 4 is 17.6 Å². The van der Waals surface area contributed by atoms with Crippen LogP contribution in [-0.2, 0) is 21.5 Å². The van der Waals surface area contributed by atoms with E-state index in [1.54, 1.807) is 12.1 Å². The summed E-state index contributed by atoms with van der Waals surface area (Å²) in [6, 6.07) is 6.70. The van der Waals surface area contributed by atoms with Crippen LogP contribution in [0.25, 0.3) is 0 Å². The molecule has 1 amide bonds. The van der Waals surface area contributed by atoms with Gasteiger partial charge in [-0.15, -0.1) is 0 Å². The Morgan fingerprint density at radius 1 is 1.30 bits per heavy atom. The predicted octanol–water partition coefficient (Wildman–Crippen LogP) is 2.42. The van der Waals surface area contributed by atoms with Crippen LogP contribution >= 0.6 is 0 Å². The van der Waals surface area contributed by atoms with Crippen LogP contribution in [0.15, 0.2) is 36.7 Å². The van der Waals surface area contributed by atoms with E-state index in [9.17, 15) is 19.7 Å². The number of aromatic nitrogens is 2. The minimum absolute atomic E-state index is 0.0428. The van der Waals surface area contributed by atoms with Crippen LogP contribution in [0.5, 0.6) is 0 Å². The molecule has 0 spiro atoms. The van der Waals surface area contributed by atoms with Gasteiger partial charge in [0.15, 0.2) is 0 Å². The van der Waals surface area contributed by atoms with Crippen molar-refractivity contribution in [1.29, 1.82) is 0 Å². The van der Waals surface area contributed by atoms with E-state index in [0.717, 1.165) is 22.6 Å². The first-order chi connectivity index (χ1) is 12.6. The van der Waals surface area contributed by atoms with Crippen LogP contribution in [0.3, 0.4) is 0 Å². The lowest BCUT2D eigenvalue weighted by atomic mass is 9.86. The molecular weight excluding hydrogens is 352 g/mol. The Labute approximate surface area is 156 Å². The summed E-state index contributed by atoms with van der Waals surface area (Å²) in [6.07, 6.45) is 1.91. The molecule has 2 N–H and O–H groups in total. The van der Waals surface area contributed by atoms with Crippen LogP contribution in [0, 0.1) is 10.1 Å². The first-order valence-electron chi connectivity index (χ1n) is 8.34. The Bertz CT molecular complexity index is 836. The summed E-state index contributed by atoms with van der Waals surface area (Å²) >= 11 is 0. The number of benzene rings is 1. The van der Waals surface area contributed by atoms with Crippen molar-refractivity contribution in [3.8, 4) is 0 Å². The van der Waals surface area contributed by atoms with Crippen LogP contribution in [0.1, 0.15) is 44.4 Å². The summed E-state index contributed by atoms with van der Waals surface area (Å²) in [6.45, 7) is 5.97. The number of carboxylic acid groups (broad SMARTS) is 1. The number of nitrogens with zero attached hydrogens (tertiary/aromatic N) is 3. The van der Waals surface area contributed by atoms with Crippen molar-refractivity contribution in [2.24, 2.45) is 0 Å². The number of rotatable bonds is 7. The van der Waals surface area contributed by atoms with Gasteiger partial charge < -0.3 is 10.4 Å². The quantitative estimate of drug-likeness (QED) is 0.566. The average molecular weight is 374 g/mol. The van der Waals surface area contributed by atoms with Gasteiger partial charge in [0.2, 0.25) is 5.91 Å². The molecule has 0 saturated carbocycles. The van der Waals surface area contributed by atoms with E-state index in [2.05, 4.69) is 31.2 Å². The van der Waals surface area contributed by atoms with Crippen molar-refractivity contribution in [1.82, 2.24) is 15.1 Å². The lowest BCUT2D eigenvalue weighted by molar-refractivity contribution is -0.385. The van der Waals surface area contributed by atoms with E-state index in [1.807, 2.05) is 12.1 Å². The standard InChI is InChI=1S/C18H22N4O5/c1-18(2,3)13-6-4-12(5-7-13)15(8-17(24)25)20-16(23)11-21-10-14(9-19-21)22(26)27/h4-7,9-10,15H,8,11H2,1-3H3,(H,20,23)(H,24,25). The number of nitro groups is 1. The average Bonchev–Trinajstić information content (AvgIpc) is 3.02. The summed E-state index contributed by atoms with van der Waals surface area (Å²) in [4.78, 5) is 33.5. The van der Waals surface area contributed by atoms with Crippen molar-refractivity contribution in [3.05, 3.63) is 57.9 Å². The van der Waals surface area contributed by atoms with E-state index in [1.165, 1.54) is 0 Å². The van der Waals surface area contributed by atoms with Crippen LogP contribution in [-0.4, -0.2) is 31.7 Å². The minimum Gasteiger partial charge on any atom is -0.481 e. The van der Waals surface area contributed by atoms with Gasteiger partial charge in [0.25, 0.3) is 0 Å². The van der Waals surface area contributed by atoms with Gasteiger partial charge in [-0.1, -0.05) is 45.0 Å². The zero-order chi connectivity index (χ0) is 20.2. The van der Waals surface area contributed by atoms with Crippen molar-refractivity contribution < 1.29 is 19.6 Å². The Balaban J connectivity index is 2.12. The van der Waals surface area contributed by atoms with E-state index in [0.29, 0.717) is 5.56 Å². The van der Waals surface area contributed by atoms with Gasteiger partial charge in [-0.2, -0.15) is 5.10 Å². The van der Waals surface area contributed by atoms with Crippen LogP contribution in [0.2, 0.25) is 0 Å². The molecule has 9 nitrogen and oxygen atoms in total. The van der Waals surface area contributed by atoms with Gasteiger partial charge >= 0.3 is 11.7 Å². The number of carboxylic acids is 1. The van der Waals surface area contributed by atoms with E-state index in [4.69, 9.17) is 5.11 Å². The molecule has 2 aromatic rings. The summed E-state index contributed by atoms with van der Waals surface area (Å²) in [5.74, 6) is -1.53. The topological polar surface area (TPSA) is 127 Å². The second kappa shape index (κ2) is 7.98. The molecule has 0 aliphatic rings. The fraction of sp³-hybridized carbons (Fsp3) is 0.389. The third-order valence-corrected chi connectivity index (χ3v) is 4.03. The first-order valence-corrected chi connectivity index (χ1v) is 8.34. The van der Waals surface area contributed by atoms with Crippen LogP contribution in [0.4, 0.5) is 5.69 Å². The number of nitrogens with one attached hydrogen (secondary N) is 1. The molecule has 144 valence electrons. The molecule has 1 heterocycles. The number of carbonyl (C=O) groups is 2. The number of hydrogen-bond acceptors (Lipinski definition) is 5. The Kier molecular flexibility index (Phi) is 5.94. The Morgan fingerprint density at radius 3 is 2.41 bits per heavy atom. The van der Waals surface area contributed by atoms with Gasteiger partial charge in [-0.3, -0.25) is 24.4 Å². The van der Waals surface area contributed by atoms with Crippen molar-refractivity contribution in [3.63, 3.8) is 0 Å². The molecule has 0 aliphatic heterocycles. The molecule has 0 radical (unpaired) electrons. The summed E-state index contributed by atoms with van der Waals surface area (Å²) < 4.78 is 1.13. The highest BCUT2D eigenvalue weighted by molar-refractivity contribution is 5.77. The second-order valence-electron chi connectivity index (χ2n) is 7.24. The highest BCUT2D eigenvalue weighted by atomic mass is 16.6. The molecule has 1 atom stereocenters. The minimum atomic E-state index is -1.05. The number of aliphatic carboxylic acids is 1. The maximum absolute atomic E-state index is 12.2. The maximum atomic E-state index is 12.2. The molecule has 9 heteroatoms. The monoisotopic (exact) mass is 374 g/mol. The molecule has 0 saturated heterocycles. The van der Waals surface area contributed by atoms with Crippen LogP contribution < -0.4 is 5.32 Å². The summed E-state index contributed by atoms with van der Waals surface area (Å²) in [5.41, 5.74) is 1.50. The predicted molar refractivity (Wildman–Crippen MR) is 97.2 cm³/mol. The van der Waals surface area contributed by atoms with E-state index < -0.39 is 22.8 Å². The van der Waals surface area contributed by atoms with Gasteiger partial charge in [-0.25, -0.2) is 0 Å². The van der Waals surface area contributed by atoms with Gasteiger partial charge in [0.05, 0.1) is 17.4 Å². The normalized spacial score (nSPS) is 12.4. The third kappa shape index (κ3) is 5.63. The van der Waals surface area contributed by atoms with E-state index in [-0.39, 0.29) is 24.1 Å². The fourth-order valence-electron chi connectivity index (χ4n) is 2.56. The Morgan fingerprint density at radius 2 is 1.93 bits per heavy atom. The molecule has 0 bridgehead atoms. The Hall–Kier alpha value is -3.23. The first kappa shape index (κ1) is 20.1. The zero-order valence-corrected chi connectivity index (χ0v) is 15.4. The largest absolute Gasteiger partial charge is 0.481 e. The summed E-state index contributed by atoms with van der Waals surface area (Å²) in [5, 5.41) is 26.2. The van der Waals surface area contributed by atoms with Gasteiger partial charge in [0, 0.05) is 0 Å². The molecule has 1 unspecified atom stereocenters. The molecule has 1 aromatic heterocycles. The molecule has 27 heavy (non-hydrogen) atoms. The highest BCUT2D eigenvalue weighted by Gasteiger charge is 2.20. The van der Waals surface area contributed by atoms with E-state index >= 15 is 0 Å². The molecule has 0 aliphatic carbocycles. The van der Waals surface area contributed by atoms with Gasteiger partial charge in [-0.05, 0) is 16.5 Å². The smallest absolute Gasteiger partial charge is 0.307 e. The van der Waals surface area contributed by atoms with Crippen molar-refractivity contribution in [2.45, 2.75) is 45.2 Å².